The number of carbonyl (C=O) groups excluding carboxylic acids is 2. The summed E-state index contributed by atoms with van der Waals surface area (Å²) < 4.78 is 40.8. The molecule has 2 aliphatic rings. The Labute approximate surface area is 182 Å². The van der Waals surface area contributed by atoms with Gasteiger partial charge in [-0.3, -0.25) is 9.69 Å². The monoisotopic (exact) mass is 449 g/mol. The highest BCUT2D eigenvalue weighted by Crippen LogP contribution is 2.36. The third kappa shape index (κ3) is 4.81. The van der Waals surface area contributed by atoms with E-state index in [0.29, 0.717) is 49.6 Å². The summed E-state index contributed by atoms with van der Waals surface area (Å²) in [5, 5.41) is -0.226. The van der Waals surface area contributed by atoms with Crippen LogP contribution in [0.4, 0.5) is 23.7 Å². The van der Waals surface area contributed by atoms with Crippen molar-refractivity contribution in [3.63, 3.8) is 0 Å². The first-order valence-corrected chi connectivity index (χ1v) is 11.1. The second-order valence-corrected chi connectivity index (χ2v) is 8.84. The summed E-state index contributed by atoms with van der Waals surface area (Å²) in [7, 11) is 0. The van der Waals surface area contributed by atoms with Crippen molar-refractivity contribution in [3.8, 4) is 0 Å². The van der Waals surface area contributed by atoms with Gasteiger partial charge in [0.15, 0.2) is 0 Å². The molecule has 2 heterocycles. The number of thioether (sulfide) groups is 1. The van der Waals surface area contributed by atoms with Crippen LogP contribution in [0.1, 0.15) is 17.2 Å². The molecule has 5 nitrogen and oxygen atoms in total. The van der Waals surface area contributed by atoms with Crippen LogP contribution in [0.3, 0.4) is 0 Å². The van der Waals surface area contributed by atoms with Crippen LogP contribution < -0.4 is 4.90 Å². The van der Waals surface area contributed by atoms with Gasteiger partial charge >= 0.3 is 6.03 Å². The second-order valence-electron chi connectivity index (χ2n) is 7.53. The van der Waals surface area contributed by atoms with Crippen LogP contribution >= 0.6 is 11.8 Å². The minimum Gasteiger partial charge on any atom is -0.340 e. The van der Waals surface area contributed by atoms with E-state index in [2.05, 4.69) is 0 Å². The normalized spacial score (nSPS) is 19.6. The SMILES string of the molecule is O=C(CN1CCN(c2ccc(F)cc2)C1=O)N1CCSC(c2cc(F)ccc2F)CC1. The van der Waals surface area contributed by atoms with Gasteiger partial charge in [0.1, 0.15) is 24.0 Å². The molecule has 164 valence electrons. The molecule has 1 atom stereocenters. The zero-order valence-corrected chi connectivity index (χ0v) is 17.6. The Hall–Kier alpha value is -2.68. The minimum atomic E-state index is -0.479. The zero-order valence-electron chi connectivity index (χ0n) is 16.8. The predicted octanol–water partition coefficient (Wildman–Crippen LogP) is 4.05. The molecule has 31 heavy (non-hydrogen) atoms. The van der Waals surface area contributed by atoms with Crippen molar-refractivity contribution in [1.29, 1.82) is 0 Å². The van der Waals surface area contributed by atoms with Gasteiger partial charge in [0.05, 0.1) is 0 Å². The summed E-state index contributed by atoms with van der Waals surface area (Å²) in [6, 6.07) is 8.82. The summed E-state index contributed by atoms with van der Waals surface area (Å²) in [6.45, 7) is 1.69. The number of urea groups is 1. The molecule has 2 fully saturated rings. The van der Waals surface area contributed by atoms with E-state index in [0.717, 1.165) is 12.1 Å². The average Bonchev–Trinajstić information content (AvgIpc) is 2.96. The molecule has 2 aromatic rings. The van der Waals surface area contributed by atoms with Crippen LogP contribution in [-0.4, -0.2) is 60.2 Å². The summed E-state index contributed by atoms with van der Waals surface area (Å²) in [5.41, 5.74) is 0.913. The van der Waals surface area contributed by atoms with Gasteiger partial charge in [0, 0.05) is 48.4 Å². The van der Waals surface area contributed by atoms with Gasteiger partial charge in [-0.05, 0) is 48.9 Å². The summed E-state index contributed by atoms with van der Waals surface area (Å²) >= 11 is 1.50. The summed E-state index contributed by atoms with van der Waals surface area (Å²) in [4.78, 5) is 30.2. The highest BCUT2D eigenvalue weighted by atomic mass is 32.2. The number of nitrogens with zero attached hydrogens (tertiary/aromatic N) is 3. The van der Waals surface area contributed by atoms with E-state index in [1.54, 1.807) is 4.90 Å². The maximum Gasteiger partial charge on any atom is 0.325 e. The molecule has 0 aromatic heterocycles. The zero-order chi connectivity index (χ0) is 22.0. The van der Waals surface area contributed by atoms with Gasteiger partial charge < -0.3 is 9.80 Å². The number of anilines is 1. The first-order valence-electron chi connectivity index (χ1n) is 10.1. The van der Waals surface area contributed by atoms with Crippen molar-refractivity contribution in [2.24, 2.45) is 0 Å². The Morgan fingerprint density at radius 3 is 2.48 bits per heavy atom. The second kappa shape index (κ2) is 9.21. The minimum absolute atomic E-state index is 0.0415. The van der Waals surface area contributed by atoms with Gasteiger partial charge in [0.2, 0.25) is 5.91 Å². The van der Waals surface area contributed by atoms with Gasteiger partial charge in [-0.2, -0.15) is 11.8 Å². The van der Waals surface area contributed by atoms with Crippen LogP contribution in [0.15, 0.2) is 42.5 Å². The number of hydrogen-bond acceptors (Lipinski definition) is 3. The first-order chi connectivity index (χ1) is 14.9. The van der Waals surface area contributed by atoms with E-state index >= 15 is 0 Å². The third-order valence-corrected chi connectivity index (χ3v) is 6.87. The smallest absolute Gasteiger partial charge is 0.325 e. The maximum atomic E-state index is 14.1. The molecule has 0 aliphatic carbocycles. The molecule has 1 unspecified atom stereocenters. The average molecular weight is 449 g/mol. The molecular formula is C22H22F3N3O2S. The van der Waals surface area contributed by atoms with Crippen LogP contribution in [0.5, 0.6) is 0 Å². The number of carbonyl (C=O) groups is 2. The topological polar surface area (TPSA) is 43.9 Å². The number of rotatable bonds is 4. The molecule has 0 bridgehead atoms. The number of benzene rings is 2. The predicted molar refractivity (Wildman–Crippen MR) is 113 cm³/mol. The molecule has 2 aliphatic heterocycles. The molecule has 0 radical (unpaired) electrons. The summed E-state index contributed by atoms with van der Waals surface area (Å²) in [5.74, 6) is -0.870. The molecule has 4 rings (SSSR count). The number of hydrogen-bond donors (Lipinski definition) is 0. The van der Waals surface area contributed by atoms with Crippen molar-refractivity contribution in [1.82, 2.24) is 9.80 Å². The van der Waals surface area contributed by atoms with E-state index in [1.807, 2.05) is 0 Å². The number of amides is 3. The van der Waals surface area contributed by atoms with Gasteiger partial charge in [-0.15, -0.1) is 0 Å². The lowest BCUT2D eigenvalue weighted by Gasteiger charge is -2.24. The van der Waals surface area contributed by atoms with Crippen molar-refractivity contribution >= 4 is 29.4 Å². The lowest BCUT2D eigenvalue weighted by Crippen LogP contribution is -2.43. The standard InChI is InChI=1S/C22H22F3N3O2S/c23-15-1-4-17(5-2-15)28-10-9-27(22(28)30)14-21(29)26-8-7-20(31-12-11-26)18-13-16(24)3-6-19(18)25/h1-6,13,20H,7-12,14H2. The van der Waals surface area contributed by atoms with Crippen LogP contribution in [0.25, 0.3) is 0 Å². The molecule has 3 amide bonds. The van der Waals surface area contributed by atoms with E-state index in [1.165, 1.54) is 51.9 Å². The maximum absolute atomic E-state index is 14.1. The van der Waals surface area contributed by atoms with Crippen molar-refractivity contribution in [2.75, 3.05) is 43.4 Å². The van der Waals surface area contributed by atoms with Crippen LogP contribution in [0, 0.1) is 17.5 Å². The third-order valence-electron chi connectivity index (χ3n) is 5.56. The highest BCUT2D eigenvalue weighted by molar-refractivity contribution is 7.99. The fourth-order valence-corrected chi connectivity index (χ4v) is 5.13. The summed E-state index contributed by atoms with van der Waals surface area (Å²) in [6.07, 6.45) is 0.506. The van der Waals surface area contributed by atoms with Crippen molar-refractivity contribution < 1.29 is 22.8 Å². The Morgan fingerprint density at radius 1 is 0.968 bits per heavy atom. The Balaban J connectivity index is 1.35. The van der Waals surface area contributed by atoms with Gasteiger partial charge in [0.25, 0.3) is 0 Å². The largest absolute Gasteiger partial charge is 0.340 e. The fourth-order valence-electron chi connectivity index (χ4n) is 3.88. The molecule has 0 spiro atoms. The molecule has 0 saturated carbocycles. The highest BCUT2D eigenvalue weighted by Gasteiger charge is 2.32. The molecule has 0 N–H and O–H groups in total. The first kappa shape index (κ1) is 21.5. The Bertz CT molecular complexity index is 973. The Kier molecular flexibility index (Phi) is 6.41. The van der Waals surface area contributed by atoms with E-state index in [9.17, 15) is 22.8 Å². The van der Waals surface area contributed by atoms with E-state index in [4.69, 9.17) is 0 Å². The van der Waals surface area contributed by atoms with Crippen molar-refractivity contribution in [3.05, 3.63) is 65.5 Å². The fraction of sp³-hybridized carbons (Fsp3) is 0.364. The molecular weight excluding hydrogens is 427 g/mol. The molecule has 2 aromatic carbocycles. The van der Waals surface area contributed by atoms with Crippen LogP contribution in [0.2, 0.25) is 0 Å². The van der Waals surface area contributed by atoms with Crippen LogP contribution in [-0.2, 0) is 4.79 Å². The van der Waals surface area contributed by atoms with Crippen molar-refractivity contribution in [2.45, 2.75) is 11.7 Å². The quantitative estimate of drug-likeness (QED) is 0.707. The van der Waals surface area contributed by atoms with E-state index in [-0.39, 0.29) is 29.6 Å². The lowest BCUT2D eigenvalue weighted by atomic mass is 10.1. The van der Waals surface area contributed by atoms with E-state index < -0.39 is 11.6 Å². The Morgan fingerprint density at radius 2 is 1.71 bits per heavy atom. The number of halogens is 3. The lowest BCUT2D eigenvalue weighted by molar-refractivity contribution is -0.131. The molecule has 9 heteroatoms. The van der Waals surface area contributed by atoms with Gasteiger partial charge in [-0.25, -0.2) is 18.0 Å². The van der Waals surface area contributed by atoms with Gasteiger partial charge in [-0.1, -0.05) is 0 Å². The molecule has 2 saturated heterocycles.